The highest BCUT2D eigenvalue weighted by atomic mass is 32.2. The second-order valence-electron chi connectivity index (χ2n) is 4.90. The zero-order chi connectivity index (χ0) is 17.9. The third kappa shape index (κ3) is 8.37. The average Bonchev–Trinajstić information content (AvgIpc) is 2.52. The summed E-state index contributed by atoms with van der Waals surface area (Å²) in [6.07, 6.45) is -0.526. The third-order valence-electron chi connectivity index (χ3n) is 2.96. The van der Waals surface area contributed by atoms with E-state index >= 15 is 0 Å². The number of carbonyl (C=O) groups is 3. The van der Waals surface area contributed by atoms with E-state index in [0.29, 0.717) is 18.1 Å². The summed E-state index contributed by atoms with van der Waals surface area (Å²) in [6, 6.07) is 4.23. The van der Waals surface area contributed by atoms with Gasteiger partial charge in [-0.25, -0.2) is 14.0 Å². The fourth-order valence-corrected chi connectivity index (χ4v) is 2.56. The number of carbonyl (C=O) groups excluding carboxylic acids is 1. The molecule has 4 N–H and O–H groups in total. The number of nitrogens with one attached hydrogen (secondary N) is 2. The normalized spacial score (nSPS) is 11.5. The number of aliphatic carboxylic acids is 2. The summed E-state index contributed by atoms with van der Waals surface area (Å²) in [5.41, 5.74) is 0.963. The molecular formula is C15H19FN2O5S. The van der Waals surface area contributed by atoms with Gasteiger partial charge in [-0.05, 0) is 24.1 Å². The quantitative estimate of drug-likeness (QED) is 0.474. The maximum absolute atomic E-state index is 12.7. The first-order valence-corrected chi connectivity index (χ1v) is 8.35. The van der Waals surface area contributed by atoms with Crippen molar-refractivity contribution in [3.8, 4) is 0 Å². The maximum atomic E-state index is 12.7. The van der Waals surface area contributed by atoms with Crippen LogP contribution in [0.4, 0.5) is 9.18 Å². The van der Waals surface area contributed by atoms with Crippen LogP contribution in [0.5, 0.6) is 0 Å². The number of rotatable bonds is 10. The molecule has 0 spiro atoms. The van der Waals surface area contributed by atoms with Gasteiger partial charge in [0, 0.05) is 24.5 Å². The van der Waals surface area contributed by atoms with Gasteiger partial charge < -0.3 is 20.8 Å². The van der Waals surface area contributed by atoms with Crippen molar-refractivity contribution in [3.63, 3.8) is 0 Å². The van der Waals surface area contributed by atoms with Crippen molar-refractivity contribution in [3.05, 3.63) is 35.6 Å². The fourth-order valence-electron chi connectivity index (χ4n) is 1.74. The van der Waals surface area contributed by atoms with E-state index in [9.17, 15) is 18.8 Å². The Morgan fingerprint density at radius 3 is 2.42 bits per heavy atom. The van der Waals surface area contributed by atoms with E-state index in [4.69, 9.17) is 10.2 Å². The number of carboxylic acids is 2. The summed E-state index contributed by atoms with van der Waals surface area (Å²) in [7, 11) is 0. The van der Waals surface area contributed by atoms with Gasteiger partial charge in [-0.2, -0.15) is 11.8 Å². The van der Waals surface area contributed by atoms with Gasteiger partial charge in [0.2, 0.25) is 0 Å². The average molecular weight is 357 g/mol. The van der Waals surface area contributed by atoms with Crippen LogP contribution in [0.1, 0.15) is 18.4 Å². The van der Waals surface area contributed by atoms with Crippen molar-refractivity contribution in [1.82, 2.24) is 10.6 Å². The predicted molar refractivity (Wildman–Crippen MR) is 87.4 cm³/mol. The Hall–Kier alpha value is -2.29. The van der Waals surface area contributed by atoms with E-state index in [0.717, 1.165) is 5.56 Å². The number of thioether (sulfide) groups is 1. The molecule has 0 aliphatic rings. The van der Waals surface area contributed by atoms with E-state index < -0.39 is 24.0 Å². The Labute approximate surface area is 142 Å². The molecule has 1 aromatic rings. The molecule has 132 valence electrons. The van der Waals surface area contributed by atoms with Gasteiger partial charge in [0.25, 0.3) is 0 Å². The van der Waals surface area contributed by atoms with E-state index in [1.165, 1.54) is 23.9 Å². The molecule has 1 aromatic carbocycles. The van der Waals surface area contributed by atoms with Crippen LogP contribution in [0.3, 0.4) is 0 Å². The van der Waals surface area contributed by atoms with Crippen molar-refractivity contribution < 1.29 is 29.0 Å². The van der Waals surface area contributed by atoms with Gasteiger partial charge in [0.1, 0.15) is 11.9 Å². The topological polar surface area (TPSA) is 116 Å². The second kappa shape index (κ2) is 10.5. The first kappa shape index (κ1) is 19.8. The summed E-state index contributed by atoms with van der Waals surface area (Å²) in [5.74, 6) is -1.44. The van der Waals surface area contributed by atoms with Gasteiger partial charge >= 0.3 is 18.0 Å². The second-order valence-corrected chi connectivity index (χ2v) is 6.01. The van der Waals surface area contributed by atoms with Gasteiger partial charge in [-0.1, -0.05) is 12.1 Å². The van der Waals surface area contributed by atoms with Crippen LogP contribution in [-0.2, 0) is 15.3 Å². The maximum Gasteiger partial charge on any atom is 0.326 e. The van der Waals surface area contributed by atoms with Gasteiger partial charge in [-0.15, -0.1) is 0 Å². The molecule has 0 saturated heterocycles. The molecule has 0 aliphatic heterocycles. The number of hydrogen-bond acceptors (Lipinski definition) is 4. The Kier molecular flexibility index (Phi) is 8.63. The molecule has 0 aliphatic carbocycles. The van der Waals surface area contributed by atoms with E-state index in [1.807, 2.05) is 0 Å². The van der Waals surface area contributed by atoms with Gasteiger partial charge in [0.15, 0.2) is 0 Å². The molecule has 0 aromatic heterocycles. The highest BCUT2D eigenvalue weighted by Gasteiger charge is 2.20. The minimum atomic E-state index is -1.28. The molecular weight excluding hydrogens is 338 g/mol. The van der Waals surface area contributed by atoms with Crippen LogP contribution < -0.4 is 10.6 Å². The SMILES string of the molecule is O=C(O)CC[C@H](NC(=O)NCCSCc1ccc([18F])cc1)C(=O)O. The van der Waals surface area contributed by atoms with Crippen LogP contribution in [0.2, 0.25) is 0 Å². The number of amides is 2. The minimum Gasteiger partial charge on any atom is -0.481 e. The van der Waals surface area contributed by atoms with Gasteiger partial charge in [0.05, 0.1) is 0 Å². The summed E-state index contributed by atoms with van der Waals surface area (Å²) < 4.78 is 12.7. The summed E-state index contributed by atoms with van der Waals surface area (Å²) in [6.45, 7) is 0.322. The monoisotopic (exact) mass is 357 g/mol. The number of urea groups is 1. The zero-order valence-corrected chi connectivity index (χ0v) is 13.6. The van der Waals surface area contributed by atoms with Crippen LogP contribution in [0.25, 0.3) is 0 Å². The van der Waals surface area contributed by atoms with Gasteiger partial charge in [-0.3, -0.25) is 4.79 Å². The van der Waals surface area contributed by atoms with E-state index in [2.05, 4.69) is 10.6 Å². The van der Waals surface area contributed by atoms with Crippen molar-refractivity contribution in [2.24, 2.45) is 0 Å². The molecule has 0 unspecified atom stereocenters. The fraction of sp³-hybridized carbons (Fsp3) is 0.400. The Bertz CT molecular complexity index is 567. The standard InChI is InChI=1S/C15H19FN2O5S/c16-11-3-1-10(2-4-11)9-24-8-7-17-15(23)18-12(14(21)22)5-6-13(19)20/h1-4,12H,5-9H2,(H,19,20)(H,21,22)(H2,17,18,23)/t12-/m0/s1/i16-1. The smallest absolute Gasteiger partial charge is 0.326 e. The lowest BCUT2D eigenvalue weighted by molar-refractivity contribution is -0.140. The first-order valence-electron chi connectivity index (χ1n) is 7.19. The van der Waals surface area contributed by atoms with Crippen LogP contribution in [0.15, 0.2) is 24.3 Å². The largest absolute Gasteiger partial charge is 0.481 e. The first-order chi connectivity index (χ1) is 11.4. The number of hydrogen-bond donors (Lipinski definition) is 4. The molecule has 1 atom stereocenters. The molecule has 0 heterocycles. The molecule has 0 radical (unpaired) electrons. The number of halogens is 1. The molecule has 7 nitrogen and oxygen atoms in total. The van der Waals surface area contributed by atoms with Crippen molar-refractivity contribution in [2.45, 2.75) is 24.6 Å². The van der Waals surface area contributed by atoms with Crippen LogP contribution in [0, 0.1) is 5.82 Å². The highest BCUT2D eigenvalue weighted by molar-refractivity contribution is 7.98. The van der Waals surface area contributed by atoms with Crippen molar-refractivity contribution in [2.75, 3.05) is 12.3 Å². The number of benzene rings is 1. The van der Waals surface area contributed by atoms with Crippen molar-refractivity contribution in [1.29, 1.82) is 0 Å². The summed E-state index contributed by atoms with van der Waals surface area (Å²) >= 11 is 1.53. The summed E-state index contributed by atoms with van der Waals surface area (Å²) in [5, 5.41) is 22.2. The zero-order valence-electron chi connectivity index (χ0n) is 12.8. The predicted octanol–water partition coefficient (Wildman–Crippen LogP) is 1.68. The molecule has 24 heavy (non-hydrogen) atoms. The van der Waals surface area contributed by atoms with E-state index in [-0.39, 0.29) is 18.7 Å². The lowest BCUT2D eigenvalue weighted by Crippen LogP contribution is -2.46. The minimum absolute atomic E-state index is 0.183. The van der Waals surface area contributed by atoms with Crippen LogP contribution in [-0.4, -0.2) is 46.5 Å². The molecule has 2 amide bonds. The Morgan fingerprint density at radius 1 is 1.17 bits per heavy atom. The Balaban J connectivity index is 2.21. The molecule has 9 heteroatoms. The number of carboxylic acid groups (broad SMARTS) is 2. The van der Waals surface area contributed by atoms with Crippen LogP contribution >= 0.6 is 11.8 Å². The lowest BCUT2D eigenvalue weighted by atomic mass is 10.1. The molecule has 0 fully saturated rings. The third-order valence-corrected chi connectivity index (χ3v) is 3.99. The summed E-state index contributed by atoms with van der Waals surface area (Å²) in [4.78, 5) is 33.0. The molecule has 0 saturated carbocycles. The highest BCUT2D eigenvalue weighted by Crippen LogP contribution is 2.12. The van der Waals surface area contributed by atoms with Crippen molar-refractivity contribution >= 4 is 29.7 Å². The lowest BCUT2D eigenvalue weighted by Gasteiger charge is -2.14. The molecule has 0 bridgehead atoms. The molecule has 1 rings (SSSR count). The Morgan fingerprint density at radius 2 is 1.83 bits per heavy atom. The van der Waals surface area contributed by atoms with E-state index in [1.54, 1.807) is 12.1 Å².